The molecule has 2 amide bonds. The van der Waals surface area contributed by atoms with Crippen molar-refractivity contribution in [1.29, 1.82) is 0 Å². The van der Waals surface area contributed by atoms with Gasteiger partial charge in [-0.05, 0) is 47.9 Å². The number of methoxy groups -OCH3 is 2. The van der Waals surface area contributed by atoms with Crippen LogP contribution in [0.3, 0.4) is 0 Å². The lowest BCUT2D eigenvalue weighted by Crippen LogP contribution is -2.32. The third kappa shape index (κ3) is 4.43. The highest BCUT2D eigenvalue weighted by Crippen LogP contribution is 2.34. The van der Waals surface area contributed by atoms with Gasteiger partial charge in [-0.3, -0.25) is 14.5 Å². The molecule has 0 bridgehead atoms. The number of hydrogen-bond donors (Lipinski definition) is 1. The van der Waals surface area contributed by atoms with Crippen molar-refractivity contribution in [3.8, 4) is 11.5 Å². The van der Waals surface area contributed by atoms with Crippen molar-refractivity contribution in [2.24, 2.45) is 0 Å². The zero-order valence-corrected chi connectivity index (χ0v) is 19.3. The lowest BCUT2D eigenvalue weighted by molar-refractivity contribution is -0.137. The van der Waals surface area contributed by atoms with Crippen LogP contribution in [0.15, 0.2) is 72.4 Å². The van der Waals surface area contributed by atoms with Crippen molar-refractivity contribution >= 4 is 34.7 Å². The monoisotopic (exact) mass is 462 g/mol. The average molecular weight is 463 g/mol. The number of carbonyl (C=O) groups is 2. The van der Waals surface area contributed by atoms with Gasteiger partial charge >= 0.3 is 0 Å². The van der Waals surface area contributed by atoms with E-state index in [2.05, 4.69) is 5.32 Å². The molecule has 0 unspecified atom stereocenters. The predicted molar refractivity (Wildman–Crippen MR) is 128 cm³/mol. The molecule has 0 atom stereocenters. The minimum absolute atomic E-state index is 0.0913. The Labute approximate surface area is 197 Å². The van der Waals surface area contributed by atoms with E-state index in [9.17, 15) is 9.59 Å². The molecule has 0 radical (unpaired) electrons. The highest BCUT2D eigenvalue weighted by atomic mass is 35.5. The van der Waals surface area contributed by atoms with E-state index in [1.807, 2.05) is 43.3 Å². The van der Waals surface area contributed by atoms with Crippen LogP contribution in [0.4, 0.5) is 5.69 Å². The third-order valence-electron chi connectivity index (χ3n) is 5.48. The Bertz CT molecular complexity index is 1250. The second kappa shape index (κ2) is 9.38. The summed E-state index contributed by atoms with van der Waals surface area (Å²) < 4.78 is 10.6. The summed E-state index contributed by atoms with van der Waals surface area (Å²) in [5.74, 6) is 0.316. The fourth-order valence-electron chi connectivity index (χ4n) is 3.73. The molecule has 1 aliphatic rings. The van der Waals surface area contributed by atoms with E-state index in [1.165, 1.54) is 12.0 Å². The second-order valence-electron chi connectivity index (χ2n) is 7.59. The van der Waals surface area contributed by atoms with E-state index < -0.39 is 5.91 Å². The maximum Gasteiger partial charge on any atom is 0.278 e. The first kappa shape index (κ1) is 22.4. The number of rotatable bonds is 7. The smallest absolute Gasteiger partial charge is 0.278 e. The van der Waals surface area contributed by atoms with Crippen molar-refractivity contribution in [1.82, 2.24) is 4.90 Å². The first-order chi connectivity index (χ1) is 15.9. The molecule has 0 saturated heterocycles. The first-order valence-electron chi connectivity index (χ1n) is 10.3. The summed E-state index contributed by atoms with van der Waals surface area (Å²) in [4.78, 5) is 28.2. The van der Waals surface area contributed by atoms with Crippen LogP contribution in [0.1, 0.15) is 16.7 Å². The molecule has 7 heteroatoms. The molecule has 0 saturated carbocycles. The summed E-state index contributed by atoms with van der Waals surface area (Å²) >= 11 is 6.17. The first-order valence-corrected chi connectivity index (χ1v) is 10.7. The summed E-state index contributed by atoms with van der Waals surface area (Å²) in [6.45, 7) is 2.00. The number of halogens is 1. The highest BCUT2D eigenvalue weighted by Gasteiger charge is 2.39. The zero-order valence-electron chi connectivity index (χ0n) is 18.5. The summed E-state index contributed by atoms with van der Waals surface area (Å²) in [6, 6.07) is 19.8. The van der Waals surface area contributed by atoms with Crippen LogP contribution < -0.4 is 14.8 Å². The Kier molecular flexibility index (Phi) is 6.38. The molecule has 3 aromatic rings. The van der Waals surface area contributed by atoms with Crippen LogP contribution in [0.5, 0.6) is 11.5 Å². The van der Waals surface area contributed by atoms with E-state index in [-0.39, 0.29) is 18.1 Å². The van der Waals surface area contributed by atoms with Gasteiger partial charge in [0.1, 0.15) is 5.70 Å². The van der Waals surface area contributed by atoms with Gasteiger partial charge in [-0.2, -0.15) is 0 Å². The molecule has 33 heavy (non-hydrogen) atoms. The Morgan fingerprint density at radius 3 is 2.30 bits per heavy atom. The summed E-state index contributed by atoms with van der Waals surface area (Å²) in [7, 11) is 3.09. The van der Waals surface area contributed by atoms with E-state index >= 15 is 0 Å². The number of nitrogens with one attached hydrogen (secondary N) is 1. The van der Waals surface area contributed by atoms with Crippen molar-refractivity contribution in [3.63, 3.8) is 0 Å². The lowest BCUT2D eigenvalue weighted by atomic mass is 10.0. The van der Waals surface area contributed by atoms with Gasteiger partial charge in [-0.15, -0.1) is 0 Å². The number of anilines is 1. The number of ether oxygens (including phenoxy) is 2. The molecule has 1 heterocycles. The molecule has 0 spiro atoms. The van der Waals surface area contributed by atoms with Crippen molar-refractivity contribution in [2.75, 3.05) is 19.5 Å². The number of amides is 2. The Morgan fingerprint density at radius 1 is 0.879 bits per heavy atom. The fourth-order valence-corrected chi connectivity index (χ4v) is 3.91. The van der Waals surface area contributed by atoms with Gasteiger partial charge < -0.3 is 14.8 Å². The van der Waals surface area contributed by atoms with Crippen LogP contribution in [0, 0.1) is 6.92 Å². The number of aryl methyl sites for hydroxylation is 1. The molecule has 6 nitrogen and oxygen atoms in total. The Hall–Kier alpha value is -3.77. The van der Waals surface area contributed by atoms with Crippen molar-refractivity contribution < 1.29 is 19.1 Å². The minimum Gasteiger partial charge on any atom is -0.493 e. The maximum atomic E-state index is 13.5. The largest absolute Gasteiger partial charge is 0.493 e. The molecule has 4 rings (SSSR count). The standard InChI is InChI=1S/C26H23ClN2O4/c1-16-9-11-19(27)14-20(16)28-24-23(18-7-5-4-6-8-18)25(30)29(26(24)31)15-17-10-12-21(32-2)22(13-17)33-3/h4-14,28H,15H2,1-3H3. The number of imide groups is 1. The SMILES string of the molecule is COc1ccc(CN2C(=O)C(Nc3cc(Cl)ccc3C)=C(c3ccccc3)C2=O)cc1OC. The topological polar surface area (TPSA) is 67.9 Å². The van der Waals surface area contributed by atoms with E-state index in [1.54, 1.807) is 37.4 Å². The maximum absolute atomic E-state index is 13.5. The van der Waals surface area contributed by atoms with Crippen LogP contribution in [0.2, 0.25) is 5.02 Å². The van der Waals surface area contributed by atoms with Crippen molar-refractivity contribution in [2.45, 2.75) is 13.5 Å². The van der Waals surface area contributed by atoms with Gasteiger partial charge in [0.25, 0.3) is 11.8 Å². The van der Waals surface area contributed by atoms with Crippen LogP contribution in [-0.4, -0.2) is 30.9 Å². The molecule has 1 aliphatic heterocycles. The summed E-state index contributed by atoms with van der Waals surface area (Å²) in [6.07, 6.45) is 0. The van der Waals surface area contributed by atoms with Gasteiger partial charge in [0.05, 0.1) is 26.3 Å². The summed E-state index contributed by atoms with van der Waals surface area (Å²) in [5, 5.41) is 3.71. The Balaban J connectivity index is 1.73. The molecule has 1 N–H and O–H groups in total. The molecule has 168 valence electrons. The predicted octanol–water partition coefficient (Wildman–Crippen LogP) is 5.06. The fraction of sp³-hybridized carbons (Fsp3) is 0.154. The number of hydrogen-bond acceptors (Lipinski definition) is 5. The van der Waals surface area contributed by atoms with Gasteiger partial charge in [0.2, 0.25) is 0 Å². The minimum atomic E-state index is -0.409. The lowest BCUT2D eigenvalue weighted by Gasteiger charge is -2.17. The van der Waals surface area contributed by atoms with E-state index in [0.717, 1.165) is 11.1 Å². The zero-order chi connectivity index (χ0) is 23.5. The van der Waals surface area contributed by atoms with Gasteiger partial charge in [0, 0.05) is 10.7 Å². The second-order valence-corrected chi connectivity index (χ2v) is 8.02. The van der Waals surface area contributed by atoms with Crippen LogP contribution >= 0.6 is 11.6 Å². The van der Waals surface area contributed by atoms with E-state index in [0.29, 0.717) is 33.3 Å². The number of benzene rings is 3. The molecular weight excluding hydrogens is 440 g/mol. The quantitative estimate of drug-likeness (QED) is 0.497. The number of nitrogens with zero attached hydrogens (tertiary/aromatic N) is 1. The molecule has 0 aromatic heterocycles. The van der Waals surface area contributed by atoms with Crippen LogP contribution in [0.25, 0.3) is 5.57 Å². The number of carbonyl (C=O) groups excluding carboxylic acids is 2. The summed E-state index contributed by atoms with van der Waals surface area (Å²) in [5.41, 5.74) is 3.50. The van der Waals surface area contributed by atoms with E-state index in [4.69, 9.17) is 21.1 Å². The molecule has 3 aromatic carbocycles. The third-order valence-corrected chi connectivity index (χ3v) is 5.71. The van der Waals surface area contributed by atoms with Gasteiger partial charge in [-0.1, -0.05) is 54.1 Å². The van der Waals surface area contributed by atoms with Crippen molar-refractivity contribution in [3.05, 3.63) is 94.1 Å². The Morgan fingerprint density at radius 2 is 1.61 bits per heavy atom. The highest BCUT2D eigenvalue weighted by molar-refractivity contribution is 6.36. The van der Waals surface area contributed by atoms with Gasteiger partial charge in [0.15, 0.2) is 11.5 Å². The molecule has 0 aliphatic carbocycles. The van der Waals surface area contributed by atoms with Gasteiger partial charge in [-0.25, -0.2) is 0 Å². The molecule has 0 fully saturated rings. The molecular formula is C26H23ClN2O4. The average Bonchev–Trinajstić information content (AvgIpc) is 3.06. The normalized spacial score (nSPS) is 13.5. The van der Waals surface area contributed by atoms with Crippen LogP contribution in [-0.2, 0) is 16.1 Å².